The first-order valence-corrected chi connectivity index (χ1v) is 23.3. The number of likely N-dealkylation sites (tertiary alicyclic amines) is 1. The number of ether oxygens (including phenoxy) is 2. The lowest BCUT2D eigenvalue weighted by Gasteiger charge is -2.49. The van der Waals surface area contributed by atoms with E-state index in [0.29, 0.717) is 30.2 Å². The van der Waals surface area contributed by atoms with E-state index in [1.165, 1.54) is 26.1 Å². The monoisotopic (exact) mass is 915 g/mol. The van der Waals surface area contributed by atoms with Crippen molar-refractivity contribution in [3.63, 3.8) is 0 Å². The highest BCUT2D eigenvalue weighted by Crippen LogP contribution is 2.42. The van der Waals surface area contributed by atoms with Crippen LogP contribution in [0.3, 0.4) is 0 Å². The van der Waals surface area contributed by atoms with Crippen LogP contribution in [0.1, 0.15) is 76.8 Å². The van der Waals surface area contributed by atoms with Crippen molar-refractivity contribution in [2.24, 2.45) is 11.3 Å². The fourth-order valence-electron chi connectivity index (χ4n) is 9.62. The summed E-state index contributed by atoms with van der Waals surface area (Å²) < 4.78 is 14.0. The molecule has 4 amide bonds. The minimum absolute atomic E-state index is 0.0101. The number of aromatic nitrogens is 3. The molecule has 2 saturated heterocycles. The molecule has 0 aliphatic carbocycles. The van der Waals surface area contributed by atoms with Gasteiger partial charge in [0.2, 0.25) is 11.6 Å². The number of likely N-dealkylation sites (N-methyl/N-ethyl adjacent to an activating group) is 2. The van der Waals surface area contributed by atoms with Crippen molar-refractivity contribution < 1.29 is 38.9 Å². The Morgan fingerprint density at radius 3 is 2.54 bits per heavy atom. The van der Waals surface area contributed by atoms with E-state index >= 15 is 0 Å². The molecule has 352 valence electrons. The molecule has 3 aliphatic rings. The van der Waals surface area contributed by atoms with Crippen LogP contribution < -0.4 is 10.7 Å². The SMILES string of the molecule is CCn1c(-c2cccnc2[C@H](C)OC)c2c3cc(ccc31)-c1csc(n1)C[C@H](NC(=O)[C@H](C(C)C)N(C)C(=O)N1CC(O)(CN(C)C)C1)C(=O)N1CCC[C@@](O)(N1)C(=O)OCC(C)(C)C2. The molecule has 3 aromatic heterocycles. The van der Waals surface area contributed by atoms with Crippen LogP contribution in [0.25, 0.3) is 33.4 Å². The van der Waals surface area contributed by atoms with Crippen LogP contribution in [0.15, 0.2) is 41.9 Å². The molecule has 4 atom stereocenters. The van der Waals surface area contributed by atoms with E-state index in [4.69, 9.17) is 19.4 Å². The van der Waals surface area contributed by atoms with E-state index < -0.39 is 52.6 Å². The van der Waals surface area contributed by atoms with Crippen LogP contribution in [0, 0.1) is 11.3 Å². The van der Waals surface area contributed by atoms with Gasteiger partial charge >= 0.3 is 12.0 Å². The summed E-state index contributed by atoms with van der Waals surface area (Å²) in [6.07, 6.45) is 2.22. The van der Waals surface area contributed by atoms with E-state index in [-0.39, 0.29) is 57.5 Å². The van der Waals surface area contributed by atoms with Gasteiger partial charge in [-0.1, -0.05) is 33.8 Å². The number of hydrogen-bond donors (Lipinski definition) is 4. The summed E-state index contributed by atoms with van der Waals surface area (Å²) in [5, 5.41) is 30.4. The van der Waals surface area contributed by atoms with Gasteiger partial charge in [-0.3, -0.25) is 19.6 Å². The standard InChI is InChI=1S/C47H65N9O8S/c1-11-55-36-16-15-30-20-32(36)33(40(55)31-14-12-18-48-38(31)29(4)63-10)22-45(5,6)27-64-43(59)47(62)17-13-19-56(51-47)42(58)34(21-37-49-35(30)23-65-37)50-41(57)39(28(2)3)53(9)44(60)54-25-46(61,26-54)24-52(7)8/h12,14-16,18,20,23,28-29,34,39,51,61-62H,11,13,17,19,21-22,24-27H2,1-10H3,(H,50,57)/t29-,34-,39-,47-/m0/s1. The number of hydrazine groups is 1. The van der Waals surface area contributed by atoms with Crippen LogP contribution in [0.5, 0.6) is 0 Å². The summed E-state index contributed by atoms with van der Waals surface area (Å²) in [7, 11) is 6.91. The third-order valence-electron chi connectivity index (χ3n) is 12.7. The Morgan fingerprint density at radius 1 is 1.12 bits per heavy atom. The number of esters is 1. The van der Waals surface area contributed by atoms with Crippen molar-refractivity contribution in [2.45, 2.75) is 103 Å². The number of amides is 4. The topological polar surface area (TPSA) is 195 Å². The van der Waals surface area contributed by atoms with Crippen LogP contribution >= 0.6 is 11.3 Å². The number of fused-ring (bicyclic) bond motifs is 6. The normalized spacial score (nSPS) is 22.0. The highest BCUT2D eigenvalue weighted by Gasteiger charge is 2.48. The minimum Gasteiger partial charge on any atom is -0.462 e. The Kier molecular flexibility index (Phi) is 13.8. The van der Waals surface area contributed by atoms with E-state index in [9.17, 15) is 29.4 Å². The maximum atomic E-state index is 14.6. The van der Waals surface area contributed by atoms with Gasteiger partial charge in [0.05, 0.1) is 47.9 Å². The van der Waals surface area contributed by atoms with Gasteiger partial charge in [0.1, 0.15) is 17.7 Å². The van der Waals surface area contributed by atoms with Gasteiger partial charge in [-0.15, -0.1) is 11.3 Å². The minimum atomic E-state index is -2.23. The number of carbonyl (C=O) groups excluding carboxylic acids is 4. The molecular weight excluding hydrogens is 851 g/mol. The molecule has 4 aromatic rings. The number of pyridine rings is 1. The zero-order chi connectivity index (χ0) is 47.2. The second-order valence-corrected chi connectivity index (χ2v) is 20.3. The van der Waals surface area contributed by atoms with Crippen LogP contribution in [-0.2, 0) is 43.2 Å². The fraction of sp³-hybridized carbons (Fsp3) is 0.574. The molecule has 18 heteroatoms. The number of urea groups is 1. The number of nitrogens with zero attached hydrogens (tertiary/aromatic N) is 7. The Balaban J connectivity index is 1.28. The molecule has 17 nitrogen and oxygen atoms in total. The number of aliphatic hydroxyl groups is 2. The van der Waals surface area contributed by atoms with Crippen molar-refractivity contribution in [2.75, 3.05) is 61.0 Å². The Labute approximate surface area is 385 Å². The smallest absolute Gasteiger partial charge is 0.355 e. The predicted molar refractivity (Wildman–Crippen MR) is 247 cm³/mol. The van der Waals surface area contributed by atoms with E-state index in [1.807, 2.05) is 71.1 Å². The average Bonchev–Trinajstić information content (AvgIpc) is 3.84. The number of hydrogen-bond acceptors (Lipinski definition) is 13. The molecule has 1 aromatic carbocycles. The molecule has 3 aliphatic heterocycles. The Hall–Kier alpha value is -4.98. The van der Waals surface area contributed by atoms with Crippen LogP contribution in [-0.4, -0.2) is 153 Å². The lowest BCUT2D eigenvalue weighted by atomic mass is 9.84. The van der Waals surface area contributed by atoms with Crippen molar-refractivity contribution in [1.82, 2.24) is 45.0 Å². The predicted octanol–water partition coefficient (Wildman–Crippen LogP) is 4.21. The highest BCUT2D eigenvalue weighted by molar-refractivity contribution is 7.10. The molecule has 6 bridgehead atoms. The quantitative estimate of drug-likeness (QED) is 0.166. The van der Waals surface area contributed by atoms with Crippen molar-refractivity contribution >= 4 is 46.1 Å². The summed E-state index contributed by atoms with van der Waals surface area (Å²) in [6, 6.07) is 7.64. The molecule has 7 rings (SSSR count). The Bertz CT molecular complexity index is 2430. The molecule has 6 heterocycles. The average molecular weight is 916 g/mol. The third-order valence-corrected chi connectivity index (χ3v) is 13.6. The van der Waals surface area contributed by atoms with Gasteiger partial charge in [0.15, 0.2) is 0 Å². The number of rotatable bonds is 10. The van der Waals surface area contributed by atoms with E-state index in [1.54, 1.807) is 20.4 Å². The first-order valence-electron chi connectivity index (χ1n) is 22.4. The molecule has 2 fully saturated rings. The van der Waals surface area contributed by atoms with E-state index in [2.05, 4.69) is 40.4 Å². The van der Waals surface area contributed by atoms with Gasteiger partial charge in [-0.25, -0.2) is 14.6 Å². The van der Waals surface area contributed by atoms with Crippen molar-refractivity contribution in [3.8, 4) is 22.5 Å². The molecule has 0 spiro atoms. The third kappa shape index (κ3) is 9.79. The molecule has 0 saturated carbocycles. The maximum Gasteiger partial charge on any atom is 0.355 e. The molecule has 65 heavy (non-hydrogen) atoms. The zero-order valence-electron chi connectivity index (χ0n) is 39.3. The second kappa shape index (κ2) is 18.7. The zero-order valence-corrected chi connectivity index (χ0v) is 40.1. The number of thiazole rings is 1. The lowest BCUT2D eigenvalue weighted by molar-refractivity contribution is -0.189. The number of methoxy groups -OCH3 is 1. The summed E-state index contributed by atoms with van der Waals surface area (Å²) >= 11 is 1.36. The van der Waals surface area contributed by atoms with Gasteiger partial charge < -0.3 is 44.3 Å². The number of aryl methyl sites for hydroxylation is 1. The van der Waals surface area contributed by atoms with Gasteiger partial charge in [0, 0.05) is 85.7 Å². The van der Waals surface area contributed by atoms with Crippen LogP contribution in [0.2, 0.25) is 0 Å². The van der Waals surface area contributed by atoms with Crippen molar-refractivity contribution in [1.29, 1.82) is 0 Å². The number of carbonyl (C=O) groups is 4. The van der Waals surface area contributed by atoms with Crippen molar-refractivity contribution in [3.05, 3.63) is 58.2 Å². The fourth-order valence-corrected chi connectivity index (χ4v) is 10.5. The number of β-amino-alcohol motifs (C(OH)–C–C–N with tert-alkyl or cyclic N) is 1. The van der Waals surface area contributed by atoms with E-state index in [0.717, 1.165) is 39.0 Å². The maximum absolute atomic E-state index is 14.6. The number of nitrogens with one attached hydrogen (secondary N) is 2. The lowest BCUT2D eigenvalue weighted by Crippen LogP contribution is -2.70. The molecule has 0 radical (unpaired) electrons. The molecule has 4 N–H and O–H groups in total. The first-order chi connectivity index (χ1) is 30.7. The van der Waals surface area contributed by atoms with Gasteiger partial charge in [-0.2, -0.15) is 5.43 Å². The first kappa shape index (κ1) is 48.0. The number of cyclic esters (lactones) is 1. The summed E-state index contributed by atoms with van der Waals surface area (Å²) in [6.45, 7) is 13.1. The number of benzene rings is 1. The van der Waals surface area contributed by atoms with Gasteiger partial charge in [-0.05, 0) is 76.5 Å². The molecular formula is C47H65N9O8S. The highest BCUT2D eigenvalue weighted by atomic mass is 32.1. The largest absolute Gasteiger partial charge is 0.462 e. The second-order valence-electron chi connectivity index (χ2n) is 19.4. The van der Waals surface area contributed by atoms with Crippen LogP contribution in [0.4, 0.5) is 4.79 Å². The summed E-state index contributed by atoms with van der Waals surface area (Å²) in [5.74, 6) is -2.43. The summed E-state index contributed by atoms with van der Waals surface area (Å²) in [5.41, 5.74) is 5.19. The Morgan fingerprint density at radius 2 is 1.86 bits per heavy atom. The molecule has 0 unspecified atom stereocenters. The van der Waals surface area contributed by atoms with Gasteiger partial charge in [0.25, 0.3) is 5.91 Å². The summed E-state index contributed by atoms with van der Waals surface area (Å²) in [4.78, 5) is 71.2.